The zero-order chi connectivity index (χ0) is 20.3. The number of amides is 2. The number of carbonyl (C=O) groups excluding carboxylic acids is 2. The molecule has 28 heavy (non-hydrogen) atoms. The number of methoxy groups -OCH3 is 1. The van der Waals surface area contributed by atoms with E-state index in [-0.39, 0.29) is 24.2 Å². The van der Waals surface area contributed by atoms with E-state index in [9.17, 15) is 9.59 Å². The van der Waals surface area contributed by atoms with E-state index in [2.05, 4.69) is 10.1 Å². The maximum Gasteiger partial charge on any atom is 0.293 e. The number of nitrogens with zero attached hydrogens (tertiary/aromatic N) is 5. The van der Waals surface area contributed by atoms with E-state index in [1.807, 2.05) is 6.92 Å². The molecule has 0 saturated carbocycles. The standard InChI is InChI=1S/C18H21Cl2N5O3/c1-3-14-21-17(22-25(14)16-12(19)5-4-6-13(16)20)18(27)24-9-7-23(8-10-24)15(26)11-28-2/h4-6H,3,7-11H2,1-2H3. The second kappa shape index (κ2) is 8.89. The quantitative estimate of drug-likeness (QED) is 0.732. The molecule has 0 unspecified atom stereocenters. The van der Waals surface area contributed by atoms with Crippen LogP contribution in [0.15, 0.2) is 18.2 Å². The van der Waals surface area contributed by atoms with E-state index in [0.29, 0.717) is 54.2 Å². The van der Waals surface area contributed by atoms with Gasteiger partial charge in [-0.15, -0.1) is 5.10 Å². The van der Waals surface area contributed by atoms with Crippen LogP contribution in [0.25, 0.3) is 5.69 Å². The first-order chi connectivity index (χ1) is 13.5. The third-order valence-electron chi connectivity index (χ3n) is 4.52. The highest BCUT2D eigenvalue weighted by atomic mass is 35.5. The lowest BCUT2D eigenvalue weighted by Crippen LogP contribution is -2.51. The van der Waals surface area contributed by atoms with Crippen LogP contribution in [-0.4, -0.2) is 76.3 Å². The highest BCUT2D eigenvalue weighted by Crippen LogP contribution is 2.29. The topological polar surface area (TPSA) is 80.6 Å². The molecule has 1 aromatic carbocycles. The molecule has 0 N–H and O–H groups in total. The van der Waals surface area contributed by atoms with E-state index in [4.69, 9.17) is 27.9 Å². The SMILES string of the molecule is CCc1nc(C(=O)N2CCN(C(=O)COC)CC2)nn1-c1c(Cl)cccc1Cl. The number of piperazine rings is 1. The molecule has 2 aromatic rings. The highest BCUT2D eigenvalue weighted by Gasteiger charge is 2.28. The van der Waals surface area contributed by atoms with Crippen molar-refractivity contribution in [3.05, 3.63) is 39.9 Å². The fourth-order valence-corrected chi connectivity index (χ4v) is 3.61. The largest absolute Gasteiger partial charge is 0.375 e. The molecule has 8 nitrogen and oxygen atoms in total. The number of hydrogen-bond donors (Lipinski definition) is 0. The number of aryl methyl sites for hydroxylation is 1. The summed E-state index contributed by atoms with van der Waals surface area (Å²) in [5.41, 5.74) is 0.504. The van der Waals surface area contributed by atoms with Crippen LogP contribution >= 0.6 is 23.2 Å². The van der Waals surface area contributed by atoms with E-state index in [1.54, 1.807) is 28.0 Å². The molecule has 0 spiro atoms. The fourth-order valence-electron chi connectivity index (χ4n) is 3.05. The van der Waals surface area contributed by atoms with Gasteiger partial charge in [-0.3, -0.25) is 9.59 Å². The van der Waals surface area contributed by atoms with Crippen LogP contribution in [0.3, 0.4) is 0 Å². The molecule has 1 fully saturated rings. The van der Waals surface area contributed by atoms with Crippen molar-refractivity contribution in [2.24, 2.45) is 0 Å². The summed E-state index contributed by atoms with van der Waals surface area (Å²) < 4.78 is 6.40. The Bertz CT molecular complexity index is 858. The van der Waals surface area contributed by atoms with E-state index in [1.165, 1.54) is 11.8 Å². The molecule has 0 radical (unpaired) electrons. The van der Waals surface area contributed by atoms with E-state index >= 15 is 0 Å². The summed E-state index contributed by atoms with van der Waals surface area (Å²) in [4.78, 5) is 32.5. The maximum absolute atomic E-state index is 12.9. The maximum atomic E-state index is 12.9. The number of carbonyl (C=O) groups is 2. The molecule has 0 bridgehead atoms. The third-order valence-corrected chi connectivity index (χ3v) is 5.13. The van der Waals surface area contributed by atoms with Crippen LogP contribution in [0.2, 0.25) is 10.0 Å². The van der Waals surface area contributed by atoms with Crippen molar-refractivity contribution in [1.29, 1.82) is 0 Å². The molecule has 10 heteroatoms. The molecule has 1 aliphatic heterocycles. The minimum absolute atomic E-state index is 0.0400. The minimum Gasteiger partial charge on any atom is -0.375 e. The monoisotopic (exact) mass is 425 g/mol. The number of halogens is 2. The minimum atomic E-state index is -0.282. The van der Waals surface area contributed by atoms with Crippen molar-refractivity contribution >= 4 is 35.0 Å². The zero-order valence-electron chi connectivity index (χ0n) is 15.7. The van der Waals surface area contributed by atoms with Gasteiger partial charge in [0.2, 0.25) is 11.7 Å². The number of para-hydroxylation sites is 1. The van der Waals surface area contributed by atoms with Gasteiger partial charge in [0, 0.05) is 39.7 Å². The average Bonchev–Trinajstić information content (AvgIpc) is 3.11. The molecule has 150 valence electrons. The van der Waals surface area contributed by atoms with Gasteiger partial charge in [0.15, 0.2) is 0 Å². The van der Waals surface area contributed by atoms with Gasteiger partial charge in [0.1, 0.15) is 18.1 Å². The molecule has 0 atom stereocenters. The Morgan fingerprint density at radius 2 is 1.71 bits per heavy atom. The second-order valence-electron chi connectivity index (χ2n) is 6.29. The predicted molar refractivity (Wildman–Crippen MR) is 105 cm³/mol. The summed E-state index contributed by atoms with van der Waals surface area (Å²) in [7, 11) is 1.48. The molecule has 3 rings (SSSR count). The first-order valence-corrected chi connectivity index (χ1v) is 9.68. The highest BCUT2D eigenvalue weighted by molar-refractivity contribution is 6.37. The van der Waals surface area contributed by atoms with Gasteiger partial charge in [0.05, 0.1) is 10.0 Å². The van der Waals surface area contributed by atoms with Gasteiger partial charge in [-0.1, -0.05) is 36.2 Å². The number of ether oxygens (including phenoxy) is 1. The average molecular weight is 426 g/mol. The predicted octanol–water partition coefficient (Wildman–Crippen LogP) is 2.07. The number of rotatable bonds is 5. The van der Waals surface area contributed by atoms with Crippen molar-refractivity contribution in [3.8, 4) is 5.69 Å². The smallest absolute Gasteiger partial charge is 0.293 e. The van der Waals surface area contributed by atoms with Gasteiger partial charge in [-0.25, -0.2) is 9.67 Å². The zero-order valence-corrected chi connectivity index (χ0v) is 17.2. The fraction of sp³-hybridized carbons (Fsp3) is 0.444. The van der Waals surface area contributed by atoms with Crippen LogP contribution in [0, 0.1) is 0 Å². The van der Waals surface area contributed by atoms with Crippen molar-refractivity contribution in [2.45, 2.75) is 13.3 Å². The second-order valence-corrected chi connectivity index (χ2v) is 7.11. The van der Waals surface area contributed by atoms with Crippen molar-refractivity contribution < 1.29 is 14.3 Å². The molecule has 2 heterocycles. The Hall–Kier alpha value is -2.16. The van der Waals surface area contributed by atoms with Gasteiger partial charge in [0.25, 0.3) is 5.91 Å². The number of hydrogen-bond acceptors (Lipinski definition) is 5. The Kier molecular flexibility index (Phi) is 6.53. The third kappa shape index (κ3) is 4.14. The first-order valence-electron chi connectivity index (χ1n) is 8.92. The van der Waals surface area contributed by atoms with Crippen LogP contribution in [0.4, 0.5) is 0 Å². The summed E-state index contributed by atoms with van der Waals surface area (Å²) in [6.45, 7) is 3.68. The first kappa shape index (κ1) is 20.6. The lowest BCUT2D eigenvalue weighted by atomic mass is 10.3. The lowest BCUT2D eigenvalue weighted by molar-refractivity contribution is -0.136. The van der Waals surface area contributed by atoms with E-state index in [0.717, 1.165) is 0 Å². The van der Waals surface area contributed by atoms with E-state index < -0.39 is 0 Å². The van der Waals surface area contributed by atoms with Crippen LogP contribution < -0.4 is 0 Å². The Labute approximate surface area is 173 Å². The molecule has 1 aliphatic rings. The molecule has 1 aromatic heterocycles. The van der Waals surface area contributed by atoms with Crippen LogP contribution in [0.5, 0.6) is 0 Å². The summed E-state index contributed by atoms with van der Waals surface area (Å²) in [6, 6.07) is 5.16. The van der Waals surface area contributed by atoms with Gasteiger partial charge >= 0.3 is 0 Å². The summed E-state index contributed by atoms with van der Waals surface area (Å²) in [6.07, 6.45) is 0.557. The molecular formula is C18H21Cl2N5O3. The Morgan fingerprint density at radius 3 is 2.29 bits per heavy atom. The number of aromatic nitrogens is 3. The van der Waals surface area contributed by atoms with Crippen molar-refractivity contribution in [1.82, 2.24) is 24.6 Å². The van der Waals surface area contributed by atoms with Gasteiger partial charge < -0.3 is 14.5 Å². The molecule has 0 aliphatic carbocycles. The Morgan fingerprint density at radius 1 is 1.11 bits per heavy atom. The van der Waals surface area contributed by atoms with Crippen molar-refractivity contribution in [3.63, 3.8) is 0 Å². The summed E-state index contributed by atoms with van der Waals surface area (Å²) in [5, 5.41) is 5.23. The van der Waals surface area contributed by atoms with Gasteiger partial charge in [-0.2, -0.15) is 0 Å². The normalized spacial score (nSPS) is 14.4. The lowest BCUT2D eigenvalue weighted by Gasteiger charge is -2.34. The van der Waals surface area contributed by atoms with Crippen LogP contribution in [0.1, 0.15) is 23.4 Å². The van der Waals surface area contributed by atoms with Crippen molar-refractivity contribution in [2.75, 3.05) is 39.9 Å². The summed E-state index contributed by atoms with van der Waals surface area (Å²) in [5.74, 6) is 0.311. The number of benzene rings is 1. The van der Waals surface area contributed by atoms with Gasteiger partial charge in [-0.05, 0) is 12.1 Å². The molecular weight excluding hydrogens is 405 g/mol. The Balaban J connectivity index is 1.79. The summed E-state index contributed by atoms with van der Waals surface area (Å²) >= 11 is 12.6. The molecule has 2 amide bonds. The van der Waals surface area contributed by atoms with Crippen LogP contribution in [-0.2, 0) is 16.0 Å². The molecule has 1 saturated heterocycles.